The van der Waals surface area contributed by atoms with Gasteiger partial charge in [0.25, 0.3) is 0 Å². The smallest absolute Gasteiger partial charge is 0.407 e. The average molecular weight is 303 g/mol. The third kappa shape index (κ3) is 3.33. The van der Waals surface area contributed by atoms with E-state index in [0.29, 0.717) is 19.0 Å². The van der Waals surface area contributed by atoms with Gasteiger partial charge in [0.05, 0.1) is 4.88 Å². The lowest BCUT2D eigenvalue weighted by Crippen LogP contribution is -2.27. The molecule has 5 nitrogen and oxygen atoms in total. The maximum atomic E-state index is 10.9. The second-order valence-corrected chi connectivity index (χ2v) is 6.19. The molecule has 1 atom stereocenters. The van der Waals surface area contributed by atoms with Crippen molar-refractivity contribution in [3.8, 4) is 10.4 Å². The molecule has 1 amide bonds. The van der Waals surface area contributed by atoms with Gasteiger partial charge in [-0.2, -0.15) is 0 Å². The Morgan fingerprint density at radius 3 is 2.95 bits per heavy atom. The van der Waals surface area contributed by atoms with Crippen molar-refractivity contribution in [1.82, 2.24) is 9.88 Å². The van der Waals surface area contributed by atoms with Crippen LogP contribution in [-0.2, 0) is 0 Å². The fourth-order valence-corrected chi connectivity index (χ4v) is 3.32. The van der Waals surface area contributed by atoms with Crippen LogP contribution in [0.25, 0.3) is 10.4 Å². The van der Waals surface area contributed by atoms with E-state index in [1.165, 1.54) is 10.5 Å². The number of carbonyl (C=O) groups is 1. The number of rotatable bonds is 4. The van der Waals surface area contributed by atoms with Crippen molar-refractivity contribution in [3.63, 3.8) is 0 Å². The number of carboxylic acid groups (broad SMARTS) is 1. The second kappa shape index (κ2) is 6.13. The maximum Gasteiger partial charge on any atom is 0.407 e. The van der Waals surface area contributed by atoms with Gasteiger partial charge >= 0.3 is 6.09 Å². The predicted octanol–water partition coefficient (Wildman–Crippen LogP) is 3.22. The Labute approximate surface area is 127 Å². The standard InChI is InChI=1S/C15H17N3O2S/c19-15(20)18-7-6-11(10-18)8-16-14-17-9-13(21-14)12-4-2-1-3-5-12/h1-5,9,11H,6-8,10H2,(H,16,17)(H,19,20)/t11-/m1/s1. The SMILES string of the molecule is O=C(O)N1CC[C@H](CNc2ncc(-c3ccccc3)s2)C1. The molecule has 1 fully saturated rings. The van der Waals surface area contributed by atoms with Crippen molar-refractivity contribution in [3.05, 3.63) is 36.5 Å². The lowest BCUT2D eigenvalue weighted by Gasteiger charge is -2.12. The van der Waals surface area contributed by atoms with E-state index in [1.807, 2.05) is 24.4 Å². The molecule has 2 N–H and O–H groups in total. The van der Waals surface area contributed by atoms with Crippen LogP contribution in [0.1, 0.15) is 6.42 Å². The van der Waals surface area contributed by atoms with Crippen LogP contribution in [-0.4, -0.2) is 40.7 Å². The molecule has 0 bridgehead atoms. The molecule has 1 aliphatic heterocycles. The first-order chi connectivity index (χ1) is 10.2. The summed E-state index contributed by atoms with van der Waals surface area (Å²) >= 11 is 1.62. The summed E-state index contributed by atoms with van der Waals surface area (Å²) in [7, 11) is 0. The predicted molar refractivity (Wildman–Crippen MR) is 83.7 cm³/mol. The van der Waals surface area contributed by atoms with E-state index in [1.54, 1.807) is 11.3 Å². The largest absolute Gasteiger partial charge is 0.465 e. The molecule has 3 rings (SSSR count). The molecule has 110 valence electrons. The Balaban J connectivity index is 1.55. The van der Waals surface area contributed by atoms with Gasteiger partial charge in [0.1, 0.15) is 0 Å². The van der Waals surface area contributed by atoms with Crippen LogP contribution >= 0.6 is 11.3 Å². The van der Waals surface area contributed by atoms with Gasteiger partial charge in [-0.15, -0.1) is 0 Å². The normalized spacial score (nSPS) is 17.9. The first kappa shape index (κ1) is 13.9. The Bertz CT molecular complexity index is 614. The van der Waals surface area contributed by atoms with Gasteiger partial charge in [0.15, 0.2) is 5.13 Å². The van der Waals surface area contributed by atoms with Gasteiger partial charge in [0.2, 0.25) is 0 Å². The van der Waals surface area contributed by atoms with Crippen molar-refractivity contribution in [2.24, 2.45) is 5.92 Å². The van der Waals surface area contributed by atoms with E-state index < -0.39 is 6.09 Å². The number of hydrogen-bond acceptors (Lipinski definition) is 4. The highest BCUT2D eigenvalue weighted by molar-refractivity contribution is 7.18. The summed E-state index contributed by atoms with van der Waals surface area (Å²) in [6, 6.07) is 10.2. The average Bonchev–Trinajstić information content (AvgIpc) is 3.15. The third-order valence-electron chi connectivity index (χ3n) is 3.66. The Morgan fingerprint density at radius 2 is 2.24 bits per heavy atom. The van der Waals surface area contributed by atoms with Crippen molar-refractivity contribution in [2.75, 3.05) is 25.0 Å². The van der Waals surface area contributed by atoms with Crippen LogP contribution in [0.4, 0.5) is 9.93 Å². The molecule has 2 aromatic rings. The highest BCUT2D eigenvalue weighted by atomic mass is 32.1. The van der Waals surface area contributed by atoms with Gasteiger partial charge in [0, 0.05) is 25.8 Å². The highest BCUT2D eigenvalue weighted by Gasteiger charge is 2.25. The molecule has 0 aliphatic carbocycles. The Morgan fingerprint density at radius 1 is 1.43 bits per heavy atom. The summed E-state index contributed by atoms with van der Waals surface area (Å²) < 4.78 is 0. The van der Waals surface area contributed by atoms with Crippen LogP contribution in [0.5, 0.6) is 0 Å². The van der Waals surface area contributed by atoms with E-state index in [4.69, 9.17) is 5.11 Å². The first-order valence-electron chi connectivity index (χ1n) is 6.95. The summed E-state index contributed by atoms with van der Waals surface area (Å²) in [5.41, 5.74) is 1.17. The van der Waals surface area contributed by atoms with Crippen LogP contribution in [0, 0.1) is 5.92 Å². The zero-order valence-electron chi connectivity index (χ0n) is 11.5. The Kier molecular flexibility index (Phi) is 4.06. The lowest BCUT2D eigenvalue weighted by atomic mass is 10.1. The van der Waals surface area contributed by atoms with Crippen LogP contribution in [0.3, 0.4) is 0 Å². The molecular formula is C15H17N3O2S. The van der Waals surface area contributed by atoms with Crippen molar-refractivity contribution in [2.45, 2.75) is 6.42 Å². The first-order valence-corrected chi connectivity index (χ1v) is 7.77. The van der Waals surface area contributed by atoms with Crippen molar-refractivity contribution >= 4 is 22.6 Å². The molecule has 1 aromatic heterocycles. The zero-order chi connectivity index (χ0) is 14.7. The number of anilines is 1. The van der Waals surface area contributed by atoms with Crippen LogP contribution < -0.4 is 5.32 Å². The minimum Gasteiger partial charge on any atom is -0.465 e. The zero-order valence-corrected chi connectivity index (χ0v) is 12.3. The quantitative estimate of drug-likeness (QED) is 0.910. The van der Waals surface area contributed by atoms with Crippen molar-refractivity contribution in [1.29, 1.82) is 0 Å². The third-order valence-corrected chi connectivity index (χ3v) is 4.67. The van der Waals surface area contributed by atoms with Crippen LogP contribution in [0.15, 0.2) is 36.5 Å². The minimum absolute atomic E-state index is 0.366. The van der Waals surface area contributed by atoms with Crippen molar-refractivity contribution < 1.29 is 9.90 Å². The van der Waals surface area contributed by atoms with E-state index in [-0.39, 0.29) is 0 Å². The minimum atomic E-state index is -0.821. The number of amides is 1. The molecule has 2 heterocycles. The molecule has 0 saturated carbocycles. The van der Waals surface area contributed by atoms with Gasteiger partial charge < -0.3 is 15.3 Å². The topological polar surface area (TPSA) is 65.5 Å². The fourth-order valence-electron chi connectivity index (χ4n) is 2.50. The highest BCUT2D eigenvalue weighted by Crippen LogP contribution is 2.29. The summed E-state index contributed by atoms with van der Waals surface area (Å²) in [6.45, 7) is 2.01. The van der Waals surface area contributed by atoms with E-state index in [0.717, 1.165) is 23.0 Å². The van der Waals surface area contributed by atoms with Crippen LogP contribution in [0.2, 0.25) is 0 Å². The molecule has 0 unspecified atom stereocenters. The number of benzene rings is 1. The summed E-state index contributed by atoms with van der Waals surface area (Å²) in [5, 5.41) is 13.2. The molecular weight excluding hydrogens is 286 g/mol. The fraction of sp³-hybridized carbons (Fsp3) is 0.333. The molecule has 0 spiro atoms. The number of likely N-dealkylation sites (tertiary alicyclic amines) is 1. The number of nitrogens with zero attached hydrogens (tertiary/aromatic N) is 2. The second-order valence-electron chi connectivity index (χ2n) is 5.16. The van der Waals surface area contributed by atoms with Gasteiger partial charge in [-0.1, -0.05) is 41.7 Å². The summed E-state index contributed by atoms with van der Waals surface area (Å²) in [5.74, 6) is 0.366. The maximum absolute atomic E-state index is 10.9. The number of nitrogens with one attached hydrogen (secondary N) is 1. The van der Waals surface area contributed by atoms with E-state index in [2.05, 4.69) is 22.4 Å². The lowest BCUT2D eigenvalue weighted by molar-refractivity contribution is 0.154. The number of aromatic nitrogens is 1. The summed E-state index contributed by atoms with van der Waals surface area (Å²) in [6.07, 6.45) is 1.97. The molecule has 1 aromatic carbocycles. The molecule has 1 aliphatic rings. The Hall–Kier alpha value is -2.08. The monoisotopic (exact) mass is 303 g/mol. The van der Waals surface area contributed by atoms with Gasteiger partial charge in [-0.25, -0.2) is 9.78 Å². The van der Waals surface area contributed by atoms with E-state index >= 15 is 0 Å². The van der Waals surface area contributed by atoms with Gasteiger partial charge in [-0.3, -0.25) is 0 Å². The number of hydrogen-bond donors (Lipinski definition) is 2. The molecule has 6 heteroatoms. The summed E-state index contributed by atoms with van der Waals surface area (Å²) in [4.78, 5) is 17.9. The van der Waals surface area contributed by atoms with E-state index in [9.17, 15) is 4.79 Å². The van der Waals surface area contributed by atoms with Gasteiger partial charge in [-0.05, 0) is 17.9 Å². The number of thiazole rings is 1. The molecule has 1 saturated heterocycles. The molecule has 0 radical (unpaired) electrons. The molecule has 21 heavy (non-hydrogen) atoms.